The maximum absolute atomic E-state index is 12.4. The van der Waals surface area contributed by atoms with Crippen molar-refractivity contribution in [2.45, 2.75) is 32.9 Å². The van der Waals surface area contributed by atoms with Crippen molar-refractivity contribution in [1.29, 1.82) is 0 Å². The molecule has 0 radical (unpaired) electrons. The molecule has 3 rings (SSSR count). The molecule has 4 nitrogen and oxygen atoms in total. The zero-order valence-electron chi connectivity index (χ0n) is 15.8. The maximum Gasteiger partial charge on any atom is 0.226 e. The molecule has 140 valence electrons. The second-order valence-corrected chi connectivity index (χ2v) is 8.27. The lowest BCUT2D eigenvalue weighted by molar-refractivity contribution is -0.116. The number of hydrogen-bond acceptors (Lipinski definition) is 4. The molecule has 0 N–H and O–H groups in total. The number of nitrogens with zero attached hydrogens (tertiary/aromatic N) is 1. The number of carbonyl (C=O) groups excluding carboxylic acids is 1. The summed E-state index contributed by atoms with van der Waals surface area (Å²) in [6.07, 6.45) is 0.304. The van der Waals surface area contributed by atoms with Crippen LogP contribution < -0.4 is 0 Å². The van der Waals surface area contributed by atoms with Gasteiger partial charge in [0.15, 0.2) is 0 Å². The van der Waals surface area contributed by atoms with Crippen LogP contribution in [0.3, 0.4) is 0 Å². The Labute approximate surface area is 162 Å². The van der Waals surface area contributed by atoms with E-state index < -0.39 is 10.8 Å². The lowest BCUT2D eigenvalue weighted by atomic mass is 10.1. The second kappa shape index (κ2) is 8.44. The van der Waals surface area contributed by atoms with Gasteiger partial charge in [-0.1, -0.05) is 47.5 Å². The van der Waals surface area contributed by atoms with Crippen LogP contribution in [0.4, 0.5) is 0 Å². The predicted octanol–water partition coefficient (Wildman–Crippen LogP) is 4.33. The first-order chi connectivity index (χ1) is 12.9. The Kier molecular flexibility index (Phi) is 6.01. The van der Waals surface area contributed by atoms with E-state index in [9.17, 15) is 9.00 Å². The van der Waals surface area contributed by atoms with Gasteiger partial charge in [-0.15, -0.1) is 0 Å². The molecular formula is C22H23NO3S. The molecule has 5 heteroatoms. The molecular weight excluding hydrogens is 358 g/mol. The van der Waals surface area contributed by atoms with Crippen LogP contribution in [-0.2, 0) is 27.8 Å². The zero-order valence-corrected chi connectivity index (χ0v) is 16.6. The van der Waals surface area contributed by atoms with E-state index in [0.29, 0.717) is 23.8 Å². The highest BCUT2D eigenvalue weighted by Crippen LogP contribution is 2.23. The molecule has 0 aliphatic rings. The summed E-state index contributed by atoms with van der Waals surface area (Å²) in [4.78, 5) is 16.7. The first-order valence-corrected chi connectivity index (χ1v) is 10.3. The Morgan fingerprint density at radius 2 is 1.56 bits per heavy atom. The normalized spacial score (nSPS) is 12.1. The van der Waals surface area contributed by atoms with Crippen LogP contribution >= 0.6 is 0 Å². The van der Waals surface area contributed by atoms with Crippen LogP contribution in [0.1, 0.15) is 28.1 Å². The van der Waals surface area contributed by atoms with Crippen molar-refractivity contribution in [3.05, 3.63) is 76.7 Å². The molecule has 27 heavy (non-hydrogen) atoms. The number of carbonyl (C=O) groups is 1. The van der Waals surface area contributed by atoms with E-state index in [2.05, 4.69) is 4.98 Å². The average molecular weight is 381 g/mol. The van der Waals surface area contributed by atoms with Crippen molar-refractivity contribution in [1.82, 2.24) is 4.98 Å². The highest BCUT2D eigenvalue weighted by molar-refractivity contribution is 7.84. The van der Waals surface area contributed by atoms with Gasteiger partial charge in [0.2, 0.25) is 5.89 Å². The van der Waals surface area contributed by atoms with Gasteiger partial charge in [0.25, 0.3) is 0 Å². The third-order valence-corrected chi connectivity index (χ3v) is 5.57. The monoisotopic (exact) mass is 381 g/mol. The number of aryl methyl sites for hydroxylation is 3. The van der Waals surface area contributed by atoms with Crippen molar-refractivity contribution < 1.29 is 13.4 Å². The van der Waals surface area contributed by atoms with Crippen LogP contribution in [0.25, 0.3) is 11.5 Å². The van der Waals surface area contributed by atoms with Gasteiger partial charge in [-0.2, -0.15) is 0 Å². The third-order valence-electron chi connectivity index (χ3n) is 4.33. The molecule has 3 aromatic rings. The number of hydrogen-bond donors (Lipinski definition) is 0. The van der Waals surface area contributed by atoms with Crippen molar-refractivity contribution in [2.24, 2.45) is 0 Å². The van der Waals surface area contributed by atoms with E-state index in [0.717, 1.165) is 22.3 Å². The lowest BCUT2D eigenvalue weighted by Crippen LogP contribution is -2.14. The molecule has 2 aromatic carbocycles. The fourth-order valence-corrected chi connectivity index (χ4v) is 3.89. The van der Waals surface area contributed by atoms with Gasteiger partial charge in [-0.25, -0.2) is 4.98 Å². The fourth-order valence-electron chi connectivity index (χ4n) is 2.75. The van der Waals surface area contributed by atoms with Gasteiger partial charge < -0.3 is 4.42 Å². The van der Waals surface area contributed by atoms with Crippen molar-refractivity contribution >= 4 is 16.6 Å². The Hall–Kier alpha value is -2.53. The van der Waals surface area contributed by atoms with E-state index in [4.69, 9.17) is 4.42 Å². The van der Waals surface area contributed by atoms with E-state index in [1.165, 1.54) is 0 Å². The van der Waals surface area contributed by atoms with Crippen LogP contribution in [0.2, 0.25) is 0 Å². The minimum atomic E-state index is -1.31. The Balaban J connectivity index is 1.61. The number of benzene rings is 2. The van der Waals surface area contributed by atoms with Crippen LogP contribution in [-0.4, -0.2) is 20.7 Å². The molecule has 0 aliphatic heterocycles. The number of oxazole rings is 1. The Bertz CT molecular complexity index is 956. The fraction of sp³-hybridized carbons (Fsp3) is 0.273. The van der Waals surface area contributed by atoms with Gasteiger partial charge in [0, 0.05) is 22.8 Å². The molecule has 0 aliphatic carbocycles. The first kappa shape index (κ1) is 19.2. The van der Waals surface area contributed by atoms with E-state index >= 15 is 0 Å². The molecule has 0 bridgehead atoms. The van der Waals surface area contributed by atoms with E-state index in [1.54, 1.807) is 0 Å². The molecule has 0 saturated heterocycles. The summed E-state index contributed by atoms with van der Waals surface area (Å²) in [6, 6.07) is 15.7. The minimum absolute atomic E-state index is 0.0278. The zero-order chi connectivity index (χ0) is 19.4. The SMILES string of the molecule is Cc1ccc(CC(=O)CS(=O)Cc2nc(-c3ccc(C)cc3)oc2C)cc1. The summed E-state index contributed by atoms with van der Waals surface area (Å²) in [7, 11) is -1.31. The van der Waals surface area contributed by atoms with Crippen LogP contribution in [0.15, 0.2) is 52.9 Å². The highest BCUT2D eigenvalue weighted by Gasteiger charge is 2.16. The topological polar surface area (TPSA) is 60.2 Å². The molecule has 0 saturated carbocycles. The quantitative estimate of drug-likeness (QED) is 0.611. The van der Waals surface area contributed by atoms with Crippen molar-refractivity contribution in [2.75, 3.05) is 5.75 Å². The summed E-state index contributed by atoms with van der Waals surface area (Å²) in [5, 5.41) is 0. The highest BCUT2D eigenvalue weighted by atomic mass is 32.2. The van der Waals surface area contributed by atoms with Gasteiger partial charge >= 0.3 is 0 Å². The van der Waals surface area contributed by atoms with Gasteiger partial charge in [-0.3, -0.25) is 9.00 Å². The second-order valence-electron chi connectivity index (χ2n) is 6.82. The molecule has 1 atom stereocenters. The van der Waals surface area contributed by atoms with E-state index in [1.807, 2.05) is 69.3 Å². The molecule has 1 heterocycles. The van der Waals surface area contributed by atoms with Crippen LogP contribution in [0.5, 0.6) is 0 Å². The molecule has 0 amide bonds. The molecule has 1 aromatic heterocycles. The van der Waals surface area contributed by atoms with E-state index in [-0.39, 0.29) is 17.3 Å². The average Bonchev–Trinajstić information content (AvgIpc) is 2.98. The summed E-state index contributed by atoms with van der Waals surface area (Å²) < 4.78 is 18.1. The number of aromatic nitrogens is 1. The maximum atomic E-state index is 12.4. The number of ketones is 1. The largest absolute Gasteiger partial charge is 0.441 e. The number of rotatable bonds is 7. The number of Topliss-reactive ketones (excluding diaryl/α,β-unsaturated/α-hetero) is 1. The molecule has 1 unspecified atom stereocenters. The van der Waals surface area contributed by atoms with Crippen molar-refractivity contribution in [3.8, 4) is 11.5 Å². The van der Waals surface area contributed by atoms with Crippen LogP contribution in [0, 0.1) is 20.8 Å². The summed E-state index contributed by atoms with van der Waals surface area (Å²) >= 11 is 0. The van der Waals surface area contributed by atoms with Gasteiger partial charge in [0.1, 0.15) is 11.5 Å². The minimum Gasteiger partial charge on any atom is -0.441 e. The van der Waals surface area contributed by atoms with Gasteiger partial charge in [0.05, 0.1) is 17.2 Å². The third kappa shape index (κ3) is 5.23. The first-order valence-electron chi connectivity index (χ1n) is 8.86. The smallest absolute Gasteiger partial charge is 0.226 e. The Morgan fingerprint density at radius 1 is 0.963 bits per heavy atom. The summed E-state index contributed by atoms with van der Waals surface area (Å²) in [5.74, 6) is 1.38. The lowest BCUT2D eigenvalue weighted by Gasteiger charge is -2.02. The van der Waals surface area contributed by atoms with Crippen molar-refractivity contribution in [3.63, 3.8) is 0 Å². The standard InChI is InChI=1S/C22H23NO3S/c1-15-4-8-18(9-5-15)12-20(24)13-27(25)14-21-17(3)26-22(23-21)19-10-6-16(2)7-11-19/h4-11H,12-14H2,1-3H3. The summed E-state index contributed by atoms with van der Waals surface area (Å²) in [5.41, 5.74) is 4.79. The molecule has 0 spiro atoms. The summed E-state index contributed by atoms with van der Waals surface area (Å²) in [6.45, 7) is 5.84. The molecule has 0 fully saturated rings. The van der Waals surface area contributed by atoms with Gasteiger partial charge in [-0.05, 0) is 38.5 Å². The predicted molar refractivity (Wildman–Crippen MR) is 108 cm³/mol. The Morgan fingerprint density at radius 3 is 2.19 bits per heavy atom.